The average Bonchev–Trinajstić information content (AvgIpc) is 2.92. The molecule has 2 nitrogen and oxygen atoms in total. The predicted octanol–water partition coefficient (Wildman–Crippen LogP) is 3.95. The minimum atomic E-state index is -0.419. The van der Waals surface area contributed by atoms with E-state index in [0.29, 0.717) is 0 Å². The summed E-state index contributed by atoms with van der Waals surface area (Å²) in [5.74, 6) is 0.261. The Morgan fingerprint density at radius 2 is 1.47 bits per heavy atom. The van der Waals surface area contributed by atoms with Crippen molar-refractivity contribution in [3.05, 3.63) is 59.7 Å². The van der Waals surface area contributed by atoms with Crippen LogP contribution in [-0.4, -0.2) is 5.71 Å². The summed E-state index contributed by atoms with van der Waals surface area (Å²) in [6.45, 7) is 4.24. The maximum Gasteiger partial charge on any atom is 0.196 e. The van der Waals surface area contributed by atoms with Gasteiger partial charge < -0.3 is 4.84 Å². The molecule has 1 spiro atoms. The first kappa shape index (κ1) is 10.8. The molecule has 0 saturated carbocycles. The molecule has 1 heterocycles. The maximum absolute atomic E-state index is 5.97. The first-order chi connectivity index (χ1) is 9.25. The van der Waals surface area contributed by atoms with Gasteiger partial charge >= 0.3 is 0 Å². The second-order valence-electron chi connectivity index (χ2n) is 5.37. The van der Waals surface area contributed by atoms with Crippen molar-refractivity contribution in [2.45, 2.75) is 19.4 Å². The summed E-state index contributed by atoms with van der Waals surface area (Å²) in [5.41, 5.74) is 5.67. The van der Waals surface area contributed by atoms with E-state index in [-0.39, 0.29) is 5.92 Å². The predicted molar refractivity (Wildman–Crippen MR) is 76.0 cm³/mol. The molecule has 2 aliphatic rings. The molecule has 19 heavy (non-hydrogen) atoms. The van der Waals surface area contributed by atoms with Crippen LogP contribution in [0.4, 0.5) is 0 Å². The van der Waals surface area contributed by atoms with E-state index in [1.54, 1.807) is 0 Å². The van der Waals surface area contributed by atoms with Gasteiger partial charge in [0.15, 0.2) is 5.60 Å². The molecule has 1 aliphatic heterocycles. The fourth-order valence-corrected chi connectivity index (χ4v) is 3.39. The maximum atomic E-state index is 5.97. The molecule has 0 aromatic heterocycles. The topological polar surface area (TPSA) is 21.6 Å². The van der Waals surface area contributed by atoms with Gasteiger partial charge in [-0.2, -0.15) is 0 Å². The molecule has 2 aromatic rings. The van der Waals surface area contributed by atoms with E-state index in [2.05, 4.69) is 60.6 Å². The van der Waals surface area contributed by atoms with Gasteiger partial charge in [0, 0.05) is 17.0 Å². The van der Waals surface area contributed by atoms with Gasteiger partial charge in [0.05, 0.1) is 5.71 Å². The van der Waals surface area contributed by atoms with Gasteiger partial charge in [-0.15, -0.1) is 0 Å². The molecule has 0 radical (unpaired) electrons. The Hall–Kier alpha value is -2.09. The van der Waals surface area contributed by atoms with Gasteiger partial charge in [0.25, 0.3) is 0 Å². The summed E-state index contributed by atoms with van der Waals surface area (Å²) in [5, 5.41) is 4.27. The van der Waals surface area contributed by atoms with Gasteiger partial charge in [-0.3, -0.25) is 0 Å². The molecule has 0 N–H and O–H groups in total. The van der Waals surface area contributed by atoms with Crippen molar-refractivity contribution < 1.29 is 4.84 Å². The number of benzene rings is 2. The van der Waals surface area contributed by atoms with Crippen molar-refractivity contribution in [3.8, 4) is 11.1 Å². The van der Waals surface area contributed by atoms with Crippen LogP contribution in [0.15, 0.2) is 53.7 Å². The van der Waals surface area contributed by atoms with Gasteiger partial charge in [-0.25, -0.2) is 0 Å². The highest BCUT2D eigenvalue weighted by Gasteiger charge is 2.53. The number of hydrogen-bond donors (Lipinski definition) is 0. The fourth-order valence-electron chi connectivity index (χ4n) is 3.39. The molecule has 0 saturated heterocycles. The quantitative estimate of drug-likeness (QED) is 0.692. The second-order valence-corrected chi connectivity index (χ2v) is 5.37. The Bertz CT molecular complexity index is 656. The van der Waals surface area contributed by atoms with Crippen LogP contribution < -0.4 is 0 Å². The molecule has 1 unspecified atom stereocenters. The first-order valence-corrected chi connectivity index (χ1v) is 6.67. The lowest BCUT2D eigenvalue weighted by molar-refractivity contribution is -0.00818. The molecule has 0 amide bonds. The summed E-state index contributed by atoms with van der Waals surface area (Å²) in [6, 6.07) is 17.0. The van der Waals surface area contributed by atoms with Crippen molar-refractivity contribution in [1.82, 2.24) is 0 Å². The highest BCUT2D eigenvalue weighted by atomic mass is 16.7. The summed E-state index contributed by atoms with van der Waals surface area (Å²) < 4.78 is 0. The van der Waals surface area contributed by atoms with Crippen molar-refractivity contribution in [2.24, 2.45) is 11.1 Å². The zero-order valence-corrected chi connectivity index (χ0v) is 11.1. The lowest BCUT2D eigenvalue weighted by atomic mass is 9.79. The summed E-state index contributed by atoms with van der Waals surface area (Å²) >= 11 is 0. The largest absolute Gasteiger partial charge is 0.379 e. The molecule has 94 valence electrons. The van der Waals surface area contributed by atoms with E-state index < -0.39 is 5.60 Å². The zero-order chi connectivity index (χ0) is 13.0. The Labute approximate surface area is 112 Å². The van der Waals surface area contributed by atoms with E-state index in [4.69, 9.17) is 4.84 Å². The molecule has 2 aromatic carbocycles. The fraction of sp³-hybridized carbons (Fsp3) is 0.235. The van der Waals surface area contributed by atoms with E-state index in [1.807, 2.05) is 6.92 Å². The van der Waals surface area contributed by atoms with E-state index in [0.717, 1.165) is 5.71 Å². The monoisotopic (exact) mass is 249 g/mol. The lowest BCUT2D eigenvalue weighted by Crippen LogP contribution is -2.33. The smallest absolute Gasteiger partial charge is 0.196 e. The molecular weight excluding hydrogens is 234 g/mol. The Morgan fingerprint density at radius 3 is 1.95 bits per heavy atom. The number of hydrogen-bond acceptors (Lipinski definition) is 2. The summed E-state index contributed by atoms with van der Waals surface area (Å²) in [7, 11) is 0. The van der Waals surface area contributed by atoms with Gasteiger partial charge in [-0.05, 0) is 18.1 Å². The summed E-state index contributed by atoms with van der Waals surface area (Å²) in [6.07, 6.45) is 0. The van der Waals surface area contributed by atoms with Crippen molar-refractivity contribution in [1.29, 1.82) is 0 Å². The number of oxime groups is 1. The Morgan fingerprint density at radius 1 is 0.947 bits per heavy atom. The third-order valence-electron chi connectivity index (χ3n) is 4.51. The third kappa shape index (κ3) is 1.14. The molecule has 0 fully saturated rings. The SMILES string of the molecule is CC1=NOC2(c3ccccc3-c3ccccc32)C1C. The second kappa shape index (κ2) is 3.47. The van der Waals surface area contributed by atoms with Crippen LogP contribution >= 0.6 is 0 Å². The van der Waals surface area contributed by atoms with Crippen LogP contribution in [0.25, 0.3) is 11.1 Å². The summed E-state index contributed by atoms with van der Waals surface area (Å²) in [4.78, 5) is 5.97. The van der Waals surface area contributed by atoms with E-state index in [9.17, 15) is 0 Å². The normalized spacial score (nSPS) is 21.8. The molecule has 1 atom stereocenters. The molecule has 0 bridgehead atoms. The minimum absolute atomic E-state index is 0.261. The molecular formula is C17H15NO. The van der Waals surface area contributed by atoms with Gasteiger partial charge in [0.1, 0.15) is 0 Å². The molecule has 1 aliphatic carbocycles. The average molecular weight is 249 g/mol. The highest BCUT2D eigenvalue weighted by Crippen LogP contribution is 2.55. The zero-order valence-electron chi connectivity index (χ0n) is 11.1. The highest BCUT2D eigenvalue weighted by molar-refractivity contribution is 5.91. The minimum Gasteiger partial charge on any atom is -0.379 e. The standard InChI is InChI=1S/C17H15NO/c1-11-12(2)18-19-17(11)15-9-5-3-7-13(15)14-8-4-6-10-16(14)17/h3-11H,1-2H3. The van der Waals surface area contributed by atoms with E-state index in [1.165, 1.54) is 22.3 Å². The van der Waals surface area contributed by atoms with Crippen molar-refractivity contribution in [2.75, 3.05) is 0 Å². The van der Waals surface area contributed by atoms with Gasteiger partial charge in [-0.1, -0.05) is 60.6 Å². The van der Waals surface area contributed by atoms with Crippen LogP contribution in [0.1, 0.15) is 25.0 Å². The van der Waals surface area contributed by atoms with Crippen LogP contribution in [0.3, 0.4) is 0 Å². The Balaban J connectivity index is 2.08. The van der Waals surface area contributed by atoms with E-state index >= 15 is 0 Å². The van der Waals surface area contributed by atoms with Crippen molar-refractivity contribution >= 4 is 5.71 Å². The van der Waals surface area contributed by atoms with Crippen LogP contribution in [0.2, 0.25) is 0 Å². The van der Waals surface area contributed by atoms with Crippen molar-refractivity contribution in [3.63, 3.8) is 0 Å². The van der Waals surface area contributed by atoms with Crippen LogP contribution in [0, 0.1) is 5.92 Å². The third-order valence-corrected chi connectivity index (χ3v) is 4.51. The van der Waals surface area contributed by atoms with Crippen LogP contribution in [0.5, 0.6) is 0 Å². The lowest BCUT2D eigenvalue weighted by Gasteiger charge is -2.28. The first-order valence-electron chi connectivity index (χ1n) is 6.67. The van der Waals surface area contributed by atoms with Gasteiger partial charge in [0.2, 0.25) is 0 Å². The Kier molecular flexibility index (Phi) is 1.97. The number of fused-ring (bicyclic) bond motifs is 5. The number of rotatable bonds is 0. The van der Waals surface area contributed by atoms with Crippen LogP contribution in [-0.2, 0) is 10.4 Å². The molecule has 4 rings (SSSR count). The number of nitrogens with zero attached hydrogens (tertiary/aromatic N) is 1. The molecule has 2 heteroatoms.